The Bertz CT molecular complexity index is 299. The second-order valence-corrected chi connectivity index (χ2v) is 5.47. The summed E-state index contributed by atoms with van der Waals surface area (Å²) in [5.41, 5.74) is -0.963. The molecule has 0 aliphatic heterocycles. The van der Waals surface area contributed by atoms with E-state index in [1.807, 2.05) is 0 Å². The SMILES string of the molecule is CC(CO)(CNS(C)(=O)=O)CC(=O)O. The first-order valence-electron chi connectivity index (χ1n) is 3.96. The van der Waals surface area contributed by atoms with Gasteiger partial charge in [0.05, 0.1) is 19.3 Å². The molecule has 3 N–H and O–H groups in total. The molecule has 0 heterocycles. The van der Waals surface area contributed by atoms with Crippen molar-refractivity contribution < 1.29 is 23.4 Å². The highest BCUT2D eigenvalue weighted by atomic mass is 32.2. The van der Waals surface area contributed by atoms with Gasteiger partial charge in [0.15, 0.2) is 0 Å². The van der Waals surface area contributed by atoms with E-state index in [2.05, 4.69) is 4.72 Å². The van der Waals surface area contributed by atoms with Crippen molar-refractivity contribution in [3.8, 4) is 0 Å². The van der Waals surface area contributed by atoms with Crippen molar-refractivity contribution in [1.82, 2.24) is 4.72 Å². The van der Waals surface area contributed by atoms with E-state index in [0.717, 1.165) is 6.26 Å². The summed E-state index contributed by atoms with van der Waals surface area (Å²) in [6.45, 7) is 1.02. The van der Waals surface area contributed by atoms with Crippen molar-refractivity contribution in [3.05, 3.63) is 0 Å². The minimum absolute atomic E-state index is 0.0887. The molecule has 84 valence electrons. The monoisotopic (exact) mass is 225 g/mol. The van der Waals surface area contributed by atoms with Gasteiger partial charge in [-0.25, -0.2) is 13.1 Å². The van der Waals surface area contributed by atoms with E-state index in [9.17, 15) is 13.2 Å². The lowest BCUT2D eigenvalue weighted by molar-refractivity contribution is -0.140. The van der Waals surface area contributed by atoms with E-state index in [1.165, 1.54) is 6.92 Å². The fourth-order valence-corrected chi connectivity index (χ4v) is 1.46. The van der Waals surface area contributed by atoms with Crippen LogP contribution < -0.4 is 4.72 Å². The summed E-state index contributed by atoms with van der Waals surface area (Å²) in [7, 11) is -3.36. The van der Waals surface area contributed by atoms with E-state index in [4.69, 9.17) is 10.2 Å². The van der Waals surface area contributed by atoms with Gasteiger partial charge in [0.2, 0.25) is 10.0 Å². The molecular formula is C7H15NO5S. The number of aliphatic hydroxyl groups excluding tert-OH is 1. The predicted molar refractivity (Wildman–Crippen MR) is 50.3 cm³/mol. The highest BCUT2D eigenvalue weighted by Gasteiger charge is 2.27. The number of carboxylic acids is 1. The largest absolute Gasteiger partial charge is 0.481 e. The molecule has 0 aromatic carbocycles. The Morgan fingerprint density at radius 1 is 1.50 bits per heavy atom. The van der Waals surface area contributed by atoms with Crippen LogP contribution in [0.1, 0.15) is 13.3 Å². The fourth-order valence-electron chi connectivity index (χ4n) is 0.845. The summed E-state index contributed by atoms with van der Waals surface area (Å²) >= 11 is 0. The number of carbonyl (C=O) groups is 1. The molecule has 0 aliphatic carbocycles. The van der Waals surface area contributed by atoms with Crippen molar-refractivity contribution in [2.24, 2.45) is 5.41 Å². The van der Waals surface area contributed by atoms with Gasteiger partial charge in [-0.1, -0.05) is 6.92 Å². The molecule has 0 aromatic heterocycles. The second kappa shape index (κ2) is 4.72. The quantitative estimate of drug-likeness (QED) is 0.538. The van der Waals surface area contributed by atoms with Gasteiger partial charge in [0.25, 0.3) is 0 Å². The summed E-state index contributed by atoms with van der Waals surface area (Å²) < 4.78 is 23.6. The Morgan fingerprint density at radius 3 is 2.29 bits per heavy atom. The zero-order valence-electron chi connectivity index (χ0n) is 8.15. The van der Waals surface area contributed by atoms with E-state index >= 15 is 0 Å². The summed E-state index contributed by atoms with van der Waals surface area (Å²) in [4.78, 5) is 10.4. The van der Waals surface area contributed by atoms with E-state index in [0.29, 0.717) is 0 Å². The molecule has 6 nitrogen and oxygen atoms in total. The summed E-state index contributed by atoms with van der Waals surface area (Å²) in [5.74, 6) is -1.07. The van der Waals surface area contributed by atoms with Gasteiger partial charge in [0.1, 0.15) is 0 Å². The summed E-state index contributed by atoms with van der Waals surface area (Å²) in [5, 5.41) is 17.5. The number of sulfonamides is 1. The molecule has 0 fully saturated rings. The van der Waals surface area contributed by atoms with Gasteiger partial charge >= 0.3 is 5.97 Å². The van der Waals surface area contributed by atoms with E-state index in [-0.39, 0.29) is 19.6 Å². The Balaban J connectivity index is 4.33. The maximum Gasteiger partial charge on any atom is 0.304 e. The van der Waals surface area contributed by atoms with Crippen LogP contribution in [0, 0.1) is 5.41 Å². The number of carboxylic acid groups (broad SMARTS) is 1. The van der Waals surface area contributed by atoms with Gasteiger partial charge in [-0.3, -0.25) is 4.79 Å². The van der Waals surface area contributed by atoms with Gasteiger partial charge in [-0.2, -0.15) is 0 Å². The number of hydrogen-bond acceptors (Lipinski definition) is 4. The van der Waals surface area contributed by atoms with Crippen LogP contribution in [-0.2, 0) is 14.8 Å². The predicted octanol–water partition coefficient (Wildman–Crippen LogP) is -0.991. The van der Waals surface area contributed by atoms with Crippen LogP contribution in [-0.4, -0.2) is 44.0 Å². The Labute approximate surface area is 83.0 Å². The lowest BCUT2D eigenvalue weighted by atomic mass is 9.88. The van der Waals surface area contributed by atoms with Gasteiger partial charge in [0, 0.05) is 12.0 Å². The standard InChI is InChI=1S/C7H15NO5S/c1-7(5-9,3-6(10)11)4-8-14(2,12)13/h8-9H,3-5H2,1-2H3,(H,10,11). The van der Waals surface area contributed by atoms with Gasteiger partial charge in [-0.05, 0) is 0 Å². The zero-order chi connectivity index (χ0) is 11.4. The Hall–Kier alpha value is -0.660. The minimum atomic E-state index is -3.36. The first kappa shape index (κ1) is 13.3. The van der Waals surface area contributed by atoms with Crippen LogP contribution in [0.5, 0.6) is 0 Å². The highest BCUT2D eigenvalue weighted by Crippen LogP contribution is 2.19. The summed E-state index contributed by atoms with van der Waals surface area (Å²) in [6, 6.07) is 0. The molecule has 7 heteroatoms. The first-order chi connectivity index (χ1) is 6.18. The van der Waals surface area contributed by atoms with Crippen LogP contribution in [0.4, 0.5) is 0 Å². The van der Waals surface area contributed by atoms with Gasteiger partial charge < -0.3 is 10.2 Å². The molecule has 0 saturated heterocycles. The van der Waals surface area contributed by atoms with Crippen molar-refractivity contribution in [1.29, 1.82) is 0 Å². The number of rotatable bonds is 6. The molecule has 1 unspecified atom stereocenters. The number of hydrogen-bond donors (Lipinski definition) is 3. The molecule has 0 aromatic rings. The molecule has 0 bridgehead atoms. The average Bonchev–Trinajstić information content (AvgIpc) is 1.99. The van der Waals surface area contributed by atoms with Crippen LogP contribution in [0.2, 0.25) is 0 Å². The lowest BCUT2D eigenvalue weighted by Crippen LogP contribution is -2.39. The topological polar surface area (TPSA) is 104 Å². The summed E-state index contributed by atoms with van der Waals surface area (Å²) in [6.07, 6.45) is 0.692. The highest BCUT2D eigenvalue weighted by molar-refractivity contribution is 7.88. The Kier molecular flexibility index (Phi) is 4.50. The maximum absolute atomic E-state index is 10.7. The molecule has 0 amide bonds. The second-order valence-electron chi connectivity index (χ2n) is 3.63. The minimum Gasteiger partial charge on any atom is -0.481 e. The van der Waals surface area contributed by atoms with Crippen LogP contribution in [0.25, 0.3) is 0 Å². The fraction of sp³-hybridized carbons (Fsp3) is 0.857. The first-order valence-corrected chi connectivity index (χ1v) is 5.85. The molecule has 14 heavy (non-hydrogen) atoms. The molecule has 0 spiro atoms. The van der Waals surface area contributed by atoms with Crippen molar-refractivity contribution in [2.75, 3.05) is 19.4 Å². The lowest BCUT2D eigenvalue weighted by Gasteiger charge is -2.24. The van der Waals surface area contributed by atoms with Crippen molar-refractivity contribution in [2.45, 2.75) is 13.3 Å². The van der Waals surface area contributed by atoms with E-state index in [1.54, 1.807) is 0 Å². The molecule has 0 radical (unpaired) electrons. The number of aliphatic hydroxyl groups is 1. The maximum atomic E-state index is 10.7. The Morgan fingerprint density at radius 2 is 2.00 bits per heavy atom. The molecule has 0 rings (SSSR count). The molecular weight excluding hydrogens is 210 g/mol. The number of aliphatic carboxylic acids is 1. The van der Waals surface area contributed by atoms with Crippen LogP contribution in [0.15, 0.2) is 0 Å². The van der Waals surface area contributed by atoms with Crippen LogP contribution >= 0.6 is 0 Å². The normalized spacial score (nSPS) is 16.2. The average molecular weight is 225 g/mol. The zero-order valence-corrected chi connectivity index (χ0v) is 8.97. The molecule has 0 saturated carbocycles. The molecule has 0 aliphatic rings. The van der Waals surface area contributed by atoms with Crippen molar-refractivity contribution in [3.63, 3.8) is 0 Å². The smallest absolute Gasteiger partial charge is 0.304 e. The number of nitrogens with one attached hydrogen (secondary N) is 1. The third-order valence-corrected chi connectivity index (χ3v) is 2.39. The van der Waals surface area contributed by atoms with Crippen molar-refractivity contribution >= 4 is 16.0 Å². The van der Waals surface area contributed by atoms with Gasteiger partial charge in [-0.15, -0.1) is 0 Å². The van der Waals surface area contributed by atoms with E-state index < -0.39 is 21.4 Å². The van der Waals surface area contributed by atoms with Crippen LogP contribution in [0.3, 0.4) is 0 Å². The third kappa shape index (κ3) is 5.90. The molecule has 1 atom stereocenters. The third-order valence-electron chi connectivity index (χ3n) is 1.72.